The van der Waals surface area contributed by atoms with Crippen LogP contribution in [-0.4, -0.2) is 41.3 Å². The maximum absolute atomic E-state index is 13.0. The van der Waals surface area contributed by atoms with Gasteiger partial charge in [-0.3, -0.25) is 9.98 Å². The van der Waals surface area contributed by atoms with Gasteiger partial charge in [0.05, 0.1) is 21.9 Å². The predicted octanol–water partition coefficient (Wildman–Crippen LogP) is 7.94. The van der Waals surface area contributed by atoms with E-state index >= 15 is 0 Å². The number of aryl methyl sites for hydroxylation is 2. The quantitative estimate of drug-likeness (QED) is 0.157. The molecule has 45 heavy (non-hydrogen) atoms. The van der Waals surface area contributed by atoms with Crippen LogP contribution in [-0.2, 0) is 36.8 Å². The smallest absolute Gasteiger partial charge is 0.572 e. The first-order valence-corrected chi connectivity index (χ1v) is 17.3. The molecule has 2 unspecified atom stereocenters. The number of hydrogen-bond donors (Lipinski definition) is 0. The number of aliphatic imine (C=N–C) groups is 2. The standard InChI is InChI=1S/C34H34N4O4S2.Co/c1-25-15-19-29(20-16-25)43(39,40)37-31-11-5-3-9-27(31)23-35-33-13-7-8-14-34(33)36-24-28-10-4-6-12-32(28)38-44(41,42)30-21-17-26(2)18-22-30;/h3-6,9-12,15-24,33-34H,7-8,13-14H2,1-2H3;/q-2;+2. The molecule has 0 bridgehead atoms. The Labute approximate surface area is 276 Å². The van der Waals surface area contributed by atoms with E-state index in [4.69, 9.17) is 9.98 Å². The third-order valence-electron chi connectivity index (χ3n) is 7.45. The maximum atomic E-state index is 13.0. The van der Waals surface area contributed by atoms with Gasteiger partial charge in [0.15, 0.2) is 0 Å². The molecule has 0 aliphatic heterocycles. The molecular weight excluding hydrogens is 651 g/mol. The maximum Gasteiger partial charge on any atom is 2.00 e. The van der Waals surface area contributed by atoms with Gasteiger partial charge in [-0.05, 0) is 62.1 Å². The van der Waals surface area contributed by atoms with Crippen LogP contribution in [0.2, 0.25) is 0 Å². The minimum absolute atomic E-state index is 0. The van der Waals surface area contributed by atoms with E-state index in [1.54, 1.807) is 97.4 Å². The van der Waals surface area contributed by atoms with Crippen LogP contribution in [0, 0.1) is 13.8 Å². The van der Waals surface area contributed by atoms with Crippen molar-refractivity contribution in [3.63, 3.8) is 0 Å². The zero-order chi connectivity index (χ0) is 31.2. The van der Waals surface area contributed by atoms with Gasteiger partial charge in [-0.25, -0.2) is 16.8 Å². The molecular formula is C34H34CoN4O4S2. The summed E-state index contributed by atoms with van der Waals surface area (Å²) in [6.07, 6.45) is 7.02. The summed E-state index contributed by atoms with van der Waals surface area (Å²) < 4.78 is 60.1. The fourth-order valence-electron chi connectivity index (χ4n) is 4.94. The zero-order valence-corrected chi connectivity index (χ0v) is 27.6. The van der Waals surface area contributed by atoms with E-state index in [0.717, 1.165) is 36.8 Å². The van der Waals surface area contributed by atoms with Gasteiger partial charge >= 0.3 is 16.8 Å². The van der Waals surface area contributed by atoms with E-state index in [-0.39, 0.29) is 38.7 Å². The average Bonchev–Trinajstić information content (AvgIpc) is 3.01. The molecule has 1 radical (unpaired) electrons. The number of sulfonamides is 2. The molecule has 235 valence electrons. The van der Waals surface area contributed by atoms with Gasteiger partial charge in [0.1, 0.15) is 20.0 Å². The van der Waals surface area contributed by atoms with Crippen molar-refractivity contribution in [2.24, 2.45) is 9.98 Å². The van der Waals surface area contributed by atoms with Gasteiger partial charge in [-0.15, -0.1) is 11.4 Å². The van der Waals surface area contributed by atoms with E-state index < -0.39 is 20.0 Å². The summed E-state index contributed by atoms with van der Waals surface area (Å²) in [6.45, 7) is 3.79. The van der Waals surface area contributed by atoms with Crippen molar-refractivity contribution in [1.82, 2.24) is 0 Å². The van der Waals surface area contributed by atoms with E-state index in [1.165, 1.54) is 0 Å². The predicted molar refractivity (Wildman–Crippen MR) is 177 cm³/mol. The molecule has 5 rings (SSSR count). The average molecular weight is 686 g/mol. The second-order valence-corrected chi connectivity index (χ2v) is 14.1. The topological polar surface area (TPSA) is 121 Å². The van der Waals surface area contributed by atoms with Crippen LogP contribution in [0.4, 0.5) is 11.4 Å². The number of benzene rings is 4. The number of hydrogen-bond acceptors (Lipinski definition) is 6. The second kappa shape index (κ2) is 15.0. The molecule has 0 saturated heterocycles. The van der Waals surface area contributed by atoms with Crippen LogP contribution in [0.1, 0.15) is 47.9 Å². The summed E-state index contributed by atoms with van der Waals surface area (Å²) in [6, 6.07) is 27.0. The molecule has 1 aliphatic rings. The summed E-state index contributed by atoms with van der Waals surface area (Å²) >= 11 is 0. The zero-order valence-electron chi connectivity index (χ0n) is 24.9. The molecule has 4 aromatic carbocycles. The molecule has 4 aromatic rings. The summed E-state index contributed by atoms with van der Waals surface area (Å²) in [5.74, 6) is 0. The van der Waals surface area contributed by atoms with Crippen LogP contribution in [0.15, 0.2) is 117 Å². The fourth-order valence-corrected chi connectivity index (χ4v) is 6.96. The fraction of sp³-hybridized carbons (Fsp3) is 0.235. The molecule has 0 amide bonds. The molecule has 0 heterocycles. The van der Waals surface area contributed by atoms with Crippen molar-refractivity contribution in [1.29, 1.82) is 0 Å². The van der Waals surface area contributed by atoms with E-state index in [1.807, 2.05) is 26.0 Å². The SMILES string of the molecule is Cc1ccc(S(=O)(=O)[N-]c2ccccc2C=NC2CCCCC2N=Cc2ccccc2[N-]S(=O)(=O)c2ccc(C)cc2)cc1.[Co+2]. The third kappa shape index (κ3) is 8.91. The molecule has 0 spiro atoms. The van der Waals surface area contributed by atoms with Crippen molar-refractivity contribution >= 4 is 43.9 Å². The normalized spacial score (nSPS) is 17.2. The molecule has 0 aromatic heterocycles. The number of rotatable bonds is 10. The largest absolute Gasteiger partial charge is 2.00 e. The van der Waals surface area contributed by atoms with Gasteiger partial charge in [-0.2, -0.15) is 0 Å². The minimum Gasteiger partial charge on any atom is -0.572 e. The molecule has 11 heteroatoms. The number of nitrogens with zero attached hydrogens (tertiary/aromatic N) is 4. The first kappa shape index (κ1) is 34.1. The van der Waals surface area contributed by atoms with Crippen LogP contribution in [0.25, 0.3) is 9.44 Å². The van der Waals surface area contributed by atoms with Crippen molar-refractivity contribution in [3.8, 4) is 0 Å². The summed E-state index contributed by atoms with van der Waals surface area (Å²) in [4.78, 5) is 9.94. The Morgan fingerprint density at radius 1 is 0.578 bits per heavy atom. The van der Waals surface area contributed by atoms with Gasteiger partial charge < -0.3 is 9.44 Å². The van der Waals surface area contributed by atoms with Gasteiger partial charge in [-0.1, -0.05) is 96.8 Å². The first-order chi connectivity index (χ1) is 21.1. The van der Waals surface area contributed by atoms with E-state index in [2.05, 4.69) is 9.44 Å². The summed E-state index contributed by atoms with van der Waals surface area (Å²) in [5.41, 5.74) is 3.76. The summed E-state index contributed by atoms with van der Waals surface area (Å²) in [7, 11) is -7.79. The Bertz CT molecular complexity index is 1740. The molecule has 0 N–H and O–H groups in total. The Morgan fingerprint density at radius 2 is 0.933 bits per heavy atom. The Morgan fingerprint density at radius 3 is 1.31 bits per heavy atom. The van der Waals surface area contributed by atoms with Crippen molar-refractivity contribution in [2.45, 2.75) is 61.4 Å². The molecule has 1 fully saturated rings. The van der Waals surface area contributed by atoms with Crippen molar-refractivity contribution in [3.05, 3.63) is 129 Å². The molecule has 1 saturated carbocycles. The van der Waals surface area contributed by atoms with E-state index in [0.29, 0.717) is 22.5 Å². The minimum atomic E-state index is -3.89. The van der Waals surface area contributed by atoms with Gasteiger partial charge in [0.2, 0.25) is 0 Å². The molecule has 8 nitrogen and oxygen atoms in total. The Balaban J connectivity index is 0.00000461. The summed E-state index contributed by atoms with van der Waals surface area (Å²) in [5, 5.41) is 0. The monoisotopic (exact) mass is 685 g/mol. The van der Waals surface area contributed by atoms with Gasteiger partial charge in [0.25, 0.3) is 0 Å². The second-order valence-electron chi connectivity index (χ2n) is 10.9. The van der Waals surface area contributed by atoms with Crippen LogP contribution in [0.5, 0.6) is 0 Å². The van der Waals surface area contributed by atoms with Crippen LogP contribution >= 0.6 is 0 Å². The third-order valence-corrected chi connectivity index (χ3v) is 10.1. The first-order valence-electron chi connectivity index (χ1n) is 14.4. The van der Waals surface area contributed by atoms with Gasteiger partial charge in [0, 0.05) is 12.4 Å². The Hall–Kier alpha value is -3.77. The van der Waals surface area contributed by atoms with Crippen LogP contribution < -0.4 is 0 Å². The molecule has 2 atom stereocenters. The van der Waals surface area contributed by atoms with E-state index in [9.17, 15) is 16.8 Å². The van der Waals surface area contributed by atoms with Crippen molar-refractivity contribution < 1.29 is 33.6 Å². The van der Waals surface area contributed by atoms with Crippen molar-refractivity contribution in [2.75, 3.05) is 0 Å². The Kier molecular flexibility index (Phi) is 11.4. The molecule has 1 aliphatic carbocycles. The van der Waals surface area contributed by atoms with Crippen LogP contribution in [0.3, 0.4) is 0 Å².